The molecule has 0 aromatic rings. The Morgan fingerprint density at radius 2 is 2.19 bits per heavy atom. The van der Waals surface area contributed by atoms with Gasteiger partial charge >= 0.3 is 11.8 Å². The van der Waals surface area contributed by atoms with Crippen molar-refractivity contribution in [3.63, 3.8) is 0 Å². The average Bonchev–Trinajstić information content (AvgIpc) is 2.29. The summed E-state index contributed by atoms with van der Waals surface area (Å²) in [7, 11) is 1.56. The molecule has 1 saturated heterocycles. The first-order valence-corrected chi connectivity index (χ1v) is 5.74. The zero-order valence-corrected chi connectivity index (χ0v) is 9.99. The maximum Gasteiger partial charge on any atom is 0.312 e. The lowest BCUT2D eigenvalue weighted by molar-refractivity contribution is -0.148. The van der Waals surface area contributed by atoms with Crippen molar-refractivity contribution in [2.24, 2.45) is 0 Å². The molecule has 1 aliphatic rings. The molecule has 0 saturated carbocycles. The number of hydrogen-bond donors (Lipinski definition) is 1. The van der Waals surface area contributed by atoms with Gasteiger partial charge in [-0.05, 0) is 26.2 Å². The monoisotopic (exact) mass is 228 g/mol. The molecule has 1 N–H and O–H groups in total. The molecule has 92 valence electrons. The number of carbonyl (C=O) groups is 2. The van der Waals surface area contributed by atoms with E-state index in [2.05, 4.69) is 5.32 Å². The van der Waals surface area contributed by atoms with Crippen LogP contribution < -0.4 is 5.32 Å². The van der Waals surface area contributed by atoms with Gasteiger partial charge in [0.1, 0.15) is 0 Å². The maximum atomic E-state index is 11.8. The van der Waals surface area contributed by atoms with Gasteiger partial charge in [-0.25, -0.2) is 0 Å². The summed E-state index contributed by atoms with van der Waals surface area (Å²) in [4.78, 5) is 24.9. The van der Waals surface area contributed by atoms with Crippen molar-refractivity contribution in [3.8, 4) is 0 Å². The van der Waals surface area contributed by atoms with E-state index in [1.165, 1.54) is 0 Å². The van der Waals surface area contributed by atoms with Gasteiger partial charge in [-0.1, -0.05) is 0 Å². The van der Waals surface area contributed by atoms with E-state index in [0.717, 1.165) is 19.3 Å². The Morgan fingerprint density at radius 1 is 1.44 bits per heavy atom. The molecular formula is C11H20N2O3. The molecule has 0 spiro atoms. The van der Waals surface area contributed by atoms with Crippen molar-refractivity contribution in [1.82, 2.24) is 10.2 Å². The fourth-order valence-corrected chi connectivity index (χ4v) is 1.87. The van der Waals surface area contributed by atoms with E-state index >= 15 is 0 Å². The molecule has 1 unspecified atom stereocenters. The molecule has 1 aliphatic heterocycles. The normalized spacial score (nSPS) is 20.6. The van der Waals surface area contributed by atoms with Crippen LogP contribution in [0.15, 0.2) is 0 Å². The largest absolute Gasteiger partial charge is 0.383 e. The molecule has 5 nitrogen and oxygen atoms in total. The molecule has 1 heterocycles. The predicted molar refractivity (Wildman–Crippen MR) is 59.9 cm³/mol. The predicted octanol–water partition coefficient (Wildman–Crippen LogP) is 0.150. The van der Waals surface area contributed by atoms with Gasteiger partial charge in [0.2, 0.25) is 0 Å². The third-order valence-corrected chi connectivity index (χ3v) is 2.85. The van der Waals surface area contributed by atoms with E-state index in [0.29, 0.717) is 19.7 Å². The van der Waals surface area contributed by atoms with Gasteiger partial charge in [0.15, 0.2) is 0 Å². The van der Waals surface area contributed by atoms with Gasteiger partial charge in [0.05, 0.1) is 6.61 Å². The van der Waals surface area contributed by atoms with Crippen molar-refractivity contribution >= 4 is 11.8 Å². The van der Waals surface area contributed by atoms with Gasteiger partial charge in [-0.2, -0.15) is 0 Å². The summed E-state index contributed by atoms with van der Waals surface area (Å²) in [5.41, 5.74) is 0. The first-order valence-electron chi connectivity index (χ1n) is 5.74. The van der Waals surface area contributed by atoms with Crippen molar-refractivity contribution in [2.75, 3.05) is 26.8 Å². The summed E-state index contributed by atoms with van der Waals surface area (Å²) in [6.07, 6.45) is 3.11. The molecule has 0 aromatic carbocycles. The first kappa shape index (κ1) is 13.0. The third kappa shape index (κ3) is 3.48. The molecule has 1 rings (SSSR count). The summed E-state index contributed by atoms with van der Waals surface area (Å²) in [5, 5.41) is 2.55. The van der Waals surface area contributed by atoms with E-state index in [9.17, 15) is 9.59 Å². The lowest BCUT2D eigenvalue weighted by atomic mass is 10.0. The number of likely N-dealkylation sites (tertiary alicyclic amines) is 1. The number of hydrogen-bond acceptors (Lipinski definition) is 3. The Kier molecular flexibility index (Phi) is 5.25. The van der Waals surface area contributed by atoms with E-state index in [-0.39, 0.29) is 6.04 Å². The Morgan fingerprint density at radius 3 is 2.81 bits per heavy atom. The van der Waals surface area contributed by atoms with Crippen molar-refractivity contribution in [2.45, 2.75) is 32.2 Å². The Labute approximate surface area is 96.1 Å². The highest BCUT2D eigenvalue weighted by Gasteiger charge is 2.27. The summed E-state index contributed by atoms with van der Waals surface area (Å²) in [6, 6.07) is 0.175. The smallest absolute Gasteiger partial charge is 0.312 e. The van der Waals surface area contributed by atoms with Crippen LogP contribution in [0.5, 0.6) is 0 Å². The molecule has 1 atom stereocenters. The second-order valence-electron chi connectivity index (χ2n) is 4.09. The molecule has 5 heteroatoms. The fraction of sp³-hybridized carbons (Fsp3) is 0.818. The van der Waals surface area contributed by atoms with E-state index in [1.807, 2.05) is 6.92 Å². The molecular weight excluding hydrogens is 208 g/mol. The first-order chi connectivity index (χ1) is 7.66. The van der Waals surface area contributed by atoms with Crippen LogP contribution in [0.25, 0.3) is 0 Å². The van der Waals surface area contributed by atoms with Crippen LogP contribution >= 0.6 is 0 Å². The summed E-state index contributed by atoms with van der Waals surface area (Å²) in [6.45, 7) is 3.48. The van der Waals surface area contributed by atoms with E-state index in [4.69, 9.17) is 4.74 Å². The van der Waals surface area contributed by atoms with Gasteiger partial charge in [-0.3, -0.25) is 9.59 Å². The highest BCUT2D eigenvalue weighted by molar-refractivity contribution is 6.35. The topological polar surface area (TPSA) is 58.6 Å². The highest BCUT2D eigenvalue weighted by Crippen LogP contribution is 2.16. The highest BCUT2D eigenvalue weighted by atomic mass is 16.5. The van der Waals surface area contributed by atoms with Crippen LogP contribution in [-0.2, 0) is 14.3 Å². The van der Waals surface area contributed by atoms with Crippen molar-refractivity contribution in [1.29, 1.82) is 0 Å². The number of carbonyl (C=O) groups excluding carboxylic acids is 2. The molecule has 0 aliphatic carbocycles. The van der Waals surface area contributed by atoms with Crippen molar-refractivity contribution in [3.05, 3.63) is 0 Å². The zero-order chi connectivity index (χ0) is 12.0. The molecule has 0 radical (unpaired) electrons. The quantitative estimate of drug-likeness (QED) is 0.552. The molecule has 16 heavy (non-hydrogen) atoms. The second kappa shape index (κ2) is 6.48. The average molecular weight is 228 g/mol. The molecule has 1 fully saturated rings. The minimum Gasteiger partial charge on any atom is -0.383 e. The zero-order valence-electron chi connectivity index (χ0n) is 9.99. The minimum absolute atomic E-state index is 0.175. The lowest BCUT2D eigenvalue weighted by Gasteiger charge is -2.32. The van der Waals surface area contributed by atoms with Crippen LogP contribution in [0, 0.1) is 0 Å². The number of rotatable bonds is 3. The number of methoxy groups -OCH3 is 1. The number of amides is 2. The third-order valence-electron chi connectivity index (χ3n) is 2.85. The van der Waals surface area contributed by atoms with Crippen LogP contribution in [0.1, 0.15) is 26.2 Å². The molecule has 0 bridgehead atoms. The van der Waals surface area contributed by atoms with E-state index in [1.54, 1.807) is 12.0 Å². The number of nitrogens with zero attached hydrogens (tertiary/aromatic N) is 1. The van der Waals surface area contributed by atoms with Crippen LogP contribution in [-0.4, -0.2) is 49.6 Å². The van der Waals surface area contributed by atoms with E-state index < -0.39 is 11.8 Å². The second-order valence-corrected chi connectivity index (χ2v) is 4.09. The van der Waals surface area contributed by atoms with Gasteiger partial charge in [0, 0.05) is 26.2 Å². The number of piperidine rings is 1. The van der Waals surface area contributed by atoms with Crippen LogP contribution in [0.2, 0.25) is 0 Å². The van der Waals surface area contributed by atoms with Gasteiger partial charge < -0.3 is 15.0 Å². The van der Waals surface area contributed by atoms with Crippen LogP contribution in [0.3, 0.4) is 0 Å². The fourth-order valence-electron chi connectivity index (χ4n) is 1.87. The van der Waals surface area contributed by atoms with Gasteiger partial charge in [0.25, 0.3) is 0 Å². The standard InChI is InChI=1S/C11H20N2O3/c1-9-5-3-4-7-13(9)11(15)10(14)12-6-8-16-2/h9H,3-8H2,1-2H3,(H,12,14). The Hall–Kier alpha value is -1.10. The minimum atomic E-state index is -0.522. The Balaban J connectivity index is 2.39. The number of nitrogens with one attached hydrogen (secondary N) is 1. The SMILES string of the molecule is COCCNC(=O)C(=O)N1CCCCC1C. The lowest BCUT2D eigenvalue weighted by Crippen LogP contribution is -2.49. The molecule has 2 amide bonds. The number of ether oxygens (including phenoxy) is 1. The maximum absolute atomic E-state index is 11.8. The van der Waals surface area contributed by atoms with Gasteiger partial charge in [-0.15, -0.1) is 0 Å². The summed E-state index contributed by atoms with van der Waals surface area (Å²) in [5.74, 6) is -0.936. The van der Waals surface area contributed by atoms with Crippen molar-refractivity contribution < 1.29 is 14.3 Å². The summed E-state index contributed by atoms with van der Waals surface area (Å²) < 4.78 is 4.80. The molecule has 0 aromatic heterocycles. The Bertz CT molecular complexity index is 256. The van der Waals surface area contributed by atoms with Crippen LogP contribution in [0.4, 0.5) is 0 Å². The summed E-state index contributed by atoms with van der Waals surface area (Å²) >= 11 is 0.